The van der Waals surface area contributed by atoms with Crippen LogP contribution in [0, 0.1) is 5.92 Å². The van der Waals surface area contributed by atoms with Gasteiger partial charge in [-0.2, -0.15) is 0 Å². The van der Waals surface area contributed by atoms with E-state index in [-0.39, 0.29) is 11.8 Å². The first-order valence-corrected chi connectivity index (χ1v) is 8.90. The molecule has 3 heterocycles. The van der Waals surface area contributed by atoms with Crippen molar-refractivity contribution < 1.29 is 4.79 Å². The van der Waals surface area contributed by atoms with Crippen LogP contribution in [0.15, 0.2) is 48.8 Å². The maximum absolute atomic E-state index is 11.9. The van der Waals surface area contributed by atoms with Crippen LogP contribution in [-0.4, -0.2) is 41.0 Å². The topological polar surface area (TPSA) is 71.0 Å². The summed E-state index contributed by atoms with van der Waals surface area (Å²) in [5.74, 6) is 1.87. The van der Waals surface area contributed by atoms with Crippen molar-refractivity contribution in [1.82, 2.24) is 20.3 Å². The van der Waals surface area contributed by atoms with Gasteiger partial charge in [-0.05, 0) is 37.1 Å². The van der Waals surface area contributed by atoms with Gasteiger partial charge in [0.05, 0.1) is 5.52 Å². The fourth-order valence-corrected chi connectivity index (χ4v) is 3.49. The molecule has 3 aromatic rings. The maximum Gasteiger partial charge on any atom is 0.222 e. The highest BCUT2D eigenvalue weighted by atomic mass is 16.1. The number of para-hydroxylation sites is 1. The summed E-state index contributed by atoms with van der Waals surface area (Å²) < 4.78 is 0. The zero-order chi connectivity index (χ0) is 17.9. The van der Waals surface area contributed by atoms with Crippen molar-refractivity contribution in [3.8, 4) is 11.4 Å². The van der Waals surface area contributed by atoms with Crippen LogP contribution < -0.4 is 10.2 Å². The summed E-state index contributed by atoms with van der Waals surface area (Å²) in [7, 11) is 1.70. The minimum Gasteiger partial charge on any atom is -0.359 e. The smallest absolute Gasteiger partial charge is 0.222 e. The molecule has 1 saturated heterocycles. The molecule has 1 aromatic carbocycles. The average Bonchev–Trinajstić information content (AvgIpc) is 2.73. The minimum atomic E-state index is 0.0871. The maximum atomic E-state index is 11.9. The summed E-state index contributed by atoms with van der Waals surface area (Å²) in [5.41, 5.74) is 1.88. The van der Waals surface area contributed by atoms with Gasteiger partial charge >= 0.3 is 0 Å². The number of fused-ring (bicyclic) bond motifs is 1. The number of rotatable bonds is 3. The lowest BCUT2D eigenvalue weighted by Gasteiger charge is -2.32. The highest BCUT2D eigenvalue weighted by molar-refractivity contribution is 5.91. The van der Waals surface area contributed by atoms with Gasteiger partial charge < -0.3 is 10.2 Å². The number of hydrogen-bond donors (Lipinski definition) is 1. The SMILES string of the molecule is CNC(=O)C1CCN(c2nc(-c3ccncc3)nc3ccccc23)CC1. The molecule has 4 rings (SSSR count). The molecule has 1 fully saturated rings. The van der Waals surface area contributed by atoms with Gasteiger partial charge in [-0.25, -0.2) is 9.97 Å². The predicted molar refractivity (Wildman–Crippen MR) is 102 cm³/mol. The molecule has 6 nitrogen and oxygen atoms in total. The number of nitrogens with one attached hydrogen (secondary N) is 1. The van der Waals surface area contributed by atoms with Crippen molar-refractivity contribution >= 4 is 22.6 Å². The van der Waals surface area contributed by atoms with E-state index in [1.807, 2.05) is 30.3 Å². The Balaban J connectivity index is 1.71. The lowest BCUT2D eigenvalue weighted by atomic mass is 9.96. The van der Waals surface area contributed by atoms with Crippen molar-refractivity contribution in [1.29, 1.82) is 0 Å². The molecule has 0 atom stereocenters. The number of piperidine rings is 1. The molecular weight excluding hydrogens is 326 g/mol. The molecule has 2 aromatic heterocycles. The van der Waals surface area contributed by atoms with E-state index in [0.29, 0.717) is 5.82 Å². The van der Waals surface area contributed by atoms with E-state index < -0.39 is 0 Å². The van der Waals surface area contributed by atoms with Crippen LogP contribution in [0.1, 0.15) is 12.8 Å². The van der Waals surface area contributed by atoms with Crippen LogP contribution in [0.5, 0.6) is 0 Å². The number of aromatic nitrogens is 3. The molecule has 0 radical (unpaired) electrons. The number of carbonyl (C=O) groups excluding carboxylic acids is 1. The van der Waals surface area contributed by atoms with Gasteiger partial charge in [0, 0.05) is 49.4 Å². The van der Waals surface area contributed by atoms with Crippen LogP contribution in [0.2, 0.25) is 0 Å². The molecule has 0 bridgehead atoms. The standard InChI is InChI=1S/C20H21N5O/c1-21-20(26)15-8-12-25(13-9-15)19-16-4-2-3-5-17(16)23-18(24-19)14-6-10-22-11-7-14/h2-7,10-11,15H,8-9,12-13H2,1H3,(H,21,26). The summed E-state index contributed by atoms with van der Waals surface area (Å²) in [6, 6.07) is 11.9. The van der Waals surface area contributed by atoms with Crippen LogP contribution >= 0.6 is 0 Å². The van der Waals surface area contributed by atoms with Crippen molar-refractivity contribution in [3.63, 3.8) is 0 Å². The third-order valence-corrected chi connectivity index (χ3v) is 4.93. The first-order valence-electron chi connectivity index (χ1n) is 8.90. The first kappa shape index (κ1) is 16.4. The second kappa shape index (κ2) is 7.07. The molecule has 1 N–H and O–H groups in total. The van der Waals surface area contributed by atoms with Crippen molar-refractivity contribution in [3.05, 3.63) is 48.8 Å². The third-order valence-electron chi connectivity index (χ3n) is 4.93. The monoisotopic (exact) mass is 347 g/mol. The fraction of sp³-hybridized carbons (Fsp3) is 0.300. The van der Waals surface area contributed by atoms with E-state index in [1.165, 1.54) is 0 Å². The Bertz CT molecular complexity index is 920. The van der Waals surface area contributed by atoms with Crippen LogP contribution in [0.4, 0.5) is 5.82 Å². The van der Waals surface area contributed by atoms with E-state index in [4.69, 9.17) is 9.97 Å². The first-order chi connectivity index (χ1) is 12.8. The van der Waals surface area contributed by atoms with Crippen molar-refractivity contribution in [2.75, 3.05) is 25.0 Å². The zero-order valence-corrected chi connectivity index (χ0v) is 14.7. The van der Waals surface area contributed by atoms with Gasteiger partial charge in [-0.15, -0.1) is 0 Å². The predicted octanol–water partition coefficient (Wildman–Crippen LogP) is 2.65. The number of hydrogen-bond acceptors (Lipinski definition) is 5. The number of nitrogens with zero attached hydrogens (tertiary/aromatic N) is 4. The number of amides is 1. The second-order valence-corrected chi connectivity index (χ2v) is 6.50. The number of pyridine rings is 1. The molecule has 6 heteroatoms. The van der Waals surface area contributed by atoms with Crippen LogP contribution in [-0.2, 0) is 4.79 Å². The van der Waals surface area contributed by atoms with Gasteiger partial charge in [0.2, 0.25) is 5.91 Å². The van der Waals surface area contributed by atoms with Gasteiger partial charge in [-0.3, -0.25) is 9.78 Å². The molecular formula is C20H21N5O. The Labute approximate surface area is 152 Å². The van der Waals surface area contributed by atoms with E-state index in [9.17, 15) is 4.79 Å². The molecule has 1 aliphatic heterocycles. The molecule has 0 aliphatic carbocycles. The highest BCUT2D eigenvalue weighted by Crippen LogP contribution is 2.30. The molecule has 1 amide bonds. The van der Waals surface area contributed by atoms with Crippen molar-refractivity contribution in [2.45, 2.75) is 12.8 Å². The quantitative estimate of drug-likeness (QED) is 0.789. The number of carbonyl (C=O) groups is 1. The Kier molecular flexibility index (Phi) is 4.48. The summed E-state index contributed by atoms with van der Waals surface area (Å²) in [5, 5.41) is 3.81. The second-order valence-electron chi connectivity index (χ2n) is 6.50. The lowest BCUT2D eigenvalue weighted by Crippen LogP contribution is -2.40. The Hall–Kier alpha value is -3.02. The summed E-state index contributed by atoms with van der Waals surface area (Å²) in [6.45, 7) is 1.63. The Morgan fingerprint density at radius 3 is 2.54 bits per heavy atom. The molecule has 1 aliphatic rings. The summed E-state index contributed by atoms with van der Waals surface area (Å²) in [6.07, 6.45) is 5.18. The molecule has 0 saturated carbocycles. The average molecular weight is 347 g/mol. The van der Waals surface area contributed by atoms with Crippen LogP contribution in [0.25, 0.3) is 22.3 Å². The lowest BCUT2D eigenvalue weighted by molar-refractivity contribution is -0.125. The highest BCUT2D eigenvalue weighted by Gasteiger charge is 2.26. The normalized spacial score (nSPS) is 15.2. The van der Waals surface area contributed by atoms with E-state index in [1.54, 1.807) is 19.4 Å². The molecule has 0 spiro atoms. The number of benzene rings is 1. The minimum absolute atomic E-state index is 0.0871. The van der Waals surface area contributed by atoms with Gasteiger partial charge in [-0.1, -0.05) is 12.1 Å². The molecule has 132 valence electrons. The Morgan fingerprint density at radius 1 is 1.08 bits per heavy atom. The zero-order valence-electron chi connectivity index (χ0n) is 14.7. The fourth-order valence-electron chi connectivity index (χ4n) is 3.49. The summed E-state index contributed by atoms with van der Waals surface area (Å²) in [4.78, 5) is 27.8. The van der Waals surface area contributed by atoms with E-state index in [2.05, 4.69) is 21.3 Å². The van der Waals surface area contributed by atoms with E-state index in [0.717, 1.165) is 48.2 Å². The van der Waals surface area contributed by atoms with E-state index >= 15 is 0 Å². The number of anilines is 1. The third kappa shape index (κ3) is 3.10. The largest absolute Gasteiger partial charge is 0.359 e. The van der Waals surface area contributed by atoms with Gasteiger partial charge in [0.25, 0.3) is 0 Å². The molecule has 0 unspecified atom stereocenters. The van der Waals surface area contributed by atoms with Gasteiger partial charge in [0.15, 0.2) is 5.82 Å². The van der Waals surface area contributed by atoms with Crippen molar-refractivity contribution in [2.24, 2.45) is 5.92 Å². The molecule has 26 heavy (non-hydrogen) atoms. The van der Waals surface area contributed by atoms with Gasteiger partial charge in [0.1, 0.15) is 5.82 Å². The Morgan fingerprint density at radius 2 is 1.81 bits per heavy atom. The summed E-state index contributed by atoms with van der Waals surface area (Å²) >= 11 is 0. The van der Waals surface area contributed by atoms with Crippen LogP contribution in [0.3, 0.4) is 0 Å².